The molecular formula is C11H15F3N2O3. The number of hydrogen-bond acceptors (Lipinski definition) is 3. The minimum absolute atomic E-state index is 0.152. The van der Waals surface area contributed by atoms with Crippen LogP contribution in [0.15, 0.2) is 0 Å². The predicted octanol–water partition coefficient (Wildman–Crippen LogP) is 0.461. The monoisotopic (exact) mass is 280 g/mol. The first-order valence-corrected chi connectivity index (χ1v) is 6.07. The third-order valence-corrected chi connectivity index (χ3v) is 3.94. The lowest BCUT2D eigenvalue weighted by Gasteiger charge is -2.27. The molecule has 2 rings (SSSR count). The highest BCUT2D eigenvalue weighted by Gasteiger charge is 2.64. The van der Waals surface area contributed by atoms with Gasteiger partial charge in [-0.15, -0.1) is 0 Å². The van der Waals surface area contributed by atoms with Gasteiger partial charge in [0.1, 0.15) is 0 Å². The van der Waals surface area contributed by atoms with E-state index >= 15 is 0 Å². The number of carboxylic acids is 1. The number of hydrogen-bond donors (Lipinski definition) is 2. The Bertz CT molecular complexity index is 393. The van der Waals surface area contributed by atoms with Crippen molar-refractivity contribution in [3.63, 3.8) is 0 Å². The Balaban J connectivity index is 2.13. The van der Waals surface area contributed by atoms with Gasteiger partial charge in [-0.3, -0.25) is 9.59 Å². The lowest BCUT2D eigenvalue weighted by atomic mass is 9.86. The van der Waals surface area contributed by atoms with Crippen molar-refractivity contribution in [2.45, 2.75) is 19.0 Å². The molecule has 5 nitrogen and oxygen atoms in total. The Morgan fingerprint density at radius 3 is 2.47 bits per heavy atom. The Labute approximate surface area is 107 Å². The van der Waals surface area contributed by atoms with E-state index in [4.69, 9.17) is 5.11 Å². The molecule has 2 N–H and O–H groups in total. The molecule has 0 aromatic heterocycles. The average molecular weight is 280 g/mol. The van der Waals surface area contributed by atoms with Crippen LogP contribution in [0.25, 0.3) is 0 Å². The van der Waals surface area contributed by atoms with Crippen molar-refractivity contribution in [2.24, 2.45) is 11.3 Å². The van der Waals surface area contributed by atoms with Gasteiger partial charge < -0.3 is 15.3 Å². The Kier molecular flexibility index (Phi) is 3.46. The first kappa shape index (κ1) is 14.1. The number of nitrogens with one attached hydrogen (secondary N) is 1. The van der Waals surface area contributed by atoms with Gasteiger partial charge in [0.25, 0.3) is 0 Å². The Morgan fingerprint density at radius 1 is 1.37 bits per heavy atom. The second-order valence-electron chi connectivity index (χ2n) is 5.08. The minimum atomic E-state index is -4.85. The molecule has 1 amide bonds. The fourth-order valence-electron chi connectivity index (χ4n) is 2.65. The zero-order valence-electron chi connectivity index (χ0n) is 10.2. The number of halogens is 3. The highest BCUT2D eigenvalue weighted by atomic mass is 19.4. The van der Waals surface area contributed by atoms with Gasteiger partial charge in [0.2, 0.25) is 5.91 Å². The van der Waals surface area contributed by atoms with Gasteiger partial charge in [-0.05, 0) is 19.4 Å². The lowest BCUT2D eigenvalue weighted by molar-refractivity contribution is -0.227. The summed E-state index contributed by atoms with van der Waals surface area (Å²) in [6.45, 7) is 0.178. The summed E-state index contributed by atoms with van der Waals surface area (Å²) in [4.78, 5) is 24.0. The van der Waals surface area contributed by atoms with E-state index < -0.39 is 30.5 Å². The molecule has 2 unspecified atom stereocenters. The highest BCUT2D eigenvalue weighted by Crippen LogP contribution is 2.46. The van der Waals surface area contributed by atoms with Crippen LogP contribution in [0.3, 0.4) is 0 Å². The molecule has 2 aliphatic heterocycles. The third-order valence-electron chi connectivity index (χ3n) is 3.94. The first-order valence-electron chi connectivity index (χ1n) is 6.07. The van der Waals surface area contributed by atoms with Crippen LogP contribution in [0.1, 0.15) is 12.8 Å². The van der Waals surface area contributed by atoms with E-state index in [1.54, 1.807) is 0 Å². The van der Waals surface area contributed by atoms with Crippen LogP contribution in [0.2, 0.25) is 0 Å². The summed E-state index contributed by atoms with van der Waals surface area (Å²) in [6, 6.07) is 0. The quantitative estimate of drug-likeness (QED) is 0.771. The maximum atomic E-state index is 12.9. The molecule has 0 spiro atoms. The smallest absolute Gasteiger partial charge is 0.406 e. The fraction of sp³-hybridized carbons (Fsp3) is 0.818. The van der Waals surface area contributed by atoms with E-state index in [-0.39, 0.29) is 18.4 Å². The number of nitrogens with zero attached hydrogens (tertiary/aromatic N) is 1. The summed E-state index contributed by atoms with van der Waals surface area (Å²) in [5, 5.41) is 11.9. The normalized spacial score (nSPS) is 31.7. The van der Waals surface area contributed by atoms with Gasteiger partial charge in [0.05, 0.1) is 5.92 Å². The van der Waals surface area contributed by atoms with Crippen molar-refractivity contribution in [1.82, 2.24) is 10.2 Å². The molecule has 8 heteroatoms. The molecule has 0 bridgehead atoms. The van der Waals surface area contributed by atoms with Crippen molar-refractivity contribution < 1.29 is 27.9 Å². The molecular weight excluding hydrogens is 265 g/mol. The van der Waals surface area contributed by atoms with Gasteiger partial charge in [-0.25, -0.2) is 0 Å². The molecule has 0 aliphatic carbocycles. The van der Waals surface area contributed by atoms with Crippen LogP contribution in [0.5, 0.6) is 0 Å². The summed E-state index contributed by atoms with van der Waals surface area (Å²) >= 11 is 0. The zero-order valence-corrected chi connectivity index (χ0v) is 10.2. The van der Waals surface area contributed by atoms with E-state index in [9.17, 15) is 22.8 Å². The summed E-state index contributed by atoms with van der Waals surface area (Å²) in [5.41, 5.74) is -2.81. The SMILES string of the molecule is O=C(C1CCNC1)N1CCC(C(=O)O)(C(F)(F)F)C1. The van der Waals surface area contributed by atoms with E-state index in [0.717, 1.165) is 4.90 Å². The Morgan fingerprint density at radius 2 is 2.05 bits per heavy atom. The summed E-state index contributed by atoms with van der Waals surface area (Å²) in [5.74, 6) is -2.62. The van der Waals surface area contributed by atoms with Crippen molar-refractivity contribution in [1.29, 1.82) is 0 Å². The van der Waals surface area contributed by atoms with Crippen LogP contribution in [0.4, 0.5) is 13.2 Å². The summed E-state index contributed by atoms with van der Waals surface area (Å²) < 4.78 is 38.8. The van der Waals surface area contributed by atoms with Crippen molar-refractivity contribution >= 4 is 11.9 Å². The molecule has 2 atom stereocenters. The van der Waals surface area contributed by atoms with E-state index in [2.05, 4.69) is 5.32 Å². The maximum Gasteiger partial charge on any atom is 0.406 e. The second-order valence-corrected chi connectivity index (χ2v) is 5.08. The van der Waals surface area contributed by atoms with Crippen LogP contribution in [-0.2, 0) is 9.59 Å². The van der Waals surface area contributed by atoms with Gasteiger partial charge >= 0.3 is 12.1 Å². The van der Waals surface area contributed by atoms with E-state index in [1.807, 2.05) is 0 Å². The standard InChI is InChI=1S/C11H15F3N2O3/c12-11(13,14)10(9(18)19)2-4-16(6-10)8(17)7-1-3-15-5-7/h7,15H,1-6H2,(H,18,19). The number of carboxylic acid groups (broad SMARTS) is 1. The van der Waals surface area contributed by atoms with Crippen LogP contribution in [0, 0.1) is 11.3 Å². The number of likely N-dealkylation sites (tertiary alicyclic amines) is 1. The van der Waals surface area contributed by atoms with Crippen LogP contribution >= 0.6 is 0 Å². The number of aliphatic carboxylic acids is 1. The first-order chi connectivity index (χ1) is 8.78. The van der Waals surface area contributed by atoms with E-state index in [0.29, 0.717) is 19.5 Å². The lowest BCUT2D eigenvalue weighted by Crippen LogP contribution is -2.48. The number of amides is 1. The predicted molar refractivity (Wildman–Crippen MR) is 58.3 cm³/mol. The van der Waals surface area contributed by atoms with Gasteiger partial charge in [0, 0.05) is 19.6 Å². The highest BCUT2D eigenvalue weighted by molar-refractivity contribution is 5.83. The number of carbonyl (C=O) groups is 2. The number of carbonyl (C=O) groups excluding carboxylic acids is 1. The number of rotatable bonds is 2. The van der Waals surface area contributed by atoms with Gasteiger partial charge in [-0.1, -0.05) is 0 Å². The molecule has 0 saturated carbocycles. The summed E-state index contributed by atoms with van der Waals surface area (Å²) in [6.07, 6.45) is -4.83. The second kappa shape index (κ2) is 4.66. The largest absolute Gasteiger partial charge is 0.481 e. The molecule has 2 fully saturated rings. The van der Waals surface area contributed by atoms with Crippen LogP contribution < -0.4 is 5.32 Å². The van der Waals surface area contributed by atoms with Crippen molar-refractivity contribution in [3.05, 3.63) is 0 Å². The molecule has 19 heavy (non-hydrogen) atoms. The van der Waals surface area contributed by atoms with E-state index in [1.165, 1.54) is 0 Å². The maximum absolute atomic E-state index is 12.9. The topological polar surface area (TPSA) is 69.6 Å². The average Bonchev–Trinajstić information content (AvgIpc) is 2.97. The molecule has 2 saturated heterocycles. The fourth-order valence-corrected chi connectivity index (χ4v) is 2.65. The van der Waals surface area contributed by atoms with Crippen LogP contribution in [-0.4, -0.2) is 54.2 Å². The molecule has 2 heterocycles. The Hall–Kier alpha value is -1.31. The number of alkyl halides is 3. The zero-order chi connectivity index (χ0) is 14.3. The molecule has 0 aromatic rings. The third kappa shape index (κ3) is 2.29. The van der Waals surface area contributed by atoms with Gasteiger partial charge in [0.15, 0.2) is 5.41 Å². The summed E-state index contributed by atoms with van der Waals surface area (Å²) in [7, 11) is 0. The minimum Gasteiger partial charge on any atom is -0.481 e. The van der Waals surface area contributed by atoms with Crippen molar-refractivity contribution in [3.8, 4) is 0 Å². The molecule has 0 radical (unpaired) electrons. The molecule has 108 valence electrons. The van der Waals surface area contributed by atoms with Gasteiger partial charge in [-0.2, -0.15) is 13.2 Å². The molecule has 0 aromatic carbocycles. The molecule has 2 aliphatic rings. The van der Waals surface area contributed by atoms with Crippen molar-refractivity contribution in [2.75, 3.05) is 26.2 Å².